The van der Waals surface area contributed by atoms with Gasteiger partial charge in [0.1, 0.15) is 0 Å². The van der Waals surface area contributed by atoms with Crippen molar-refractivity contribution in [3.63, 3.8) is 0 Å². The van der Waals surface area contributed by atoms with Crippen LogP contribution in [0.3, 0.4) is 0 Å². The Morgan fingerprint density at radius 2 is 2.00 bits per heavy atom. The molecular weight excluding hydrogens is 176 g/mol. The predicted octanol–water partition coefficient (Wildman–Crippen LogP) is 0.895. The van der Waals surface area contributed by atoms with E-state index in [0.29, 0.717) is 5.78 Å². The molecule has 0 amide bonds. The molecule has 0 bridgehead atoms. The lowest BCUT2D eigenvalue weighted by molar-refractivity contribution is -0.128. The summed E-state index contributed by atoms with van der Waals surface area (Å²) in [7, 11) is 2.10. The Kier molecular flexibility index (Phi) is 3.67. The van der Waals surface area contributed by atoms with Crippen molar-refractivity contribution in [1.29, 1.82) is 0 Å². The van der Waals surface area contributed by atoms with Crippen molar-refractivity contribution < 1.29 is 4.79 Å². The third-order valence-electron chi connectivity index (χ3n) is 2.74. The average molecular weight is 198 g/mol. The molecular formula is C11H22N2O. The molecule has 0 aromatic carbocycles. The fraction of sp³-hybridized carbons (Fsp3) is 0.909. The zero-order valence-electron chi connectivity index (χ0n) is 9.76. The number of carbonyl (C=O) groups is 1. The first-order valence-corrected chi connectivity index (χ1v) is 5.37. The number of hydrogen-bond acceptors (Lipinski definition) is 3. The van der Waals surface area contributed by atoms with Crippen molar-refractivity contribution in [2.24, 2.45) is 5.41 Å². The van der Waals surface area contributed by atoms with Gasteiger partial charge in [-0.05, 0) is 20.0 Å². The molecule has 14 heavy (non-hydrogen) atoms. The number of ketones is 1. The molecule has 3 heteroatoms. The van der Waals surface area contributed by atoms with Crippen LogP contribution < -0.4 is 5.32 Å². The van der Waals surface area contributed by atoms with Crippen LogP contribution in [0, 0.1) is 5.41 Å². The van der Waals surface area contributed by atoms with E-state index in [0.717, 1.165) is 26.1 Å². The van der Waals surface area contributed by atoms with E-state index in [9.17, 15) is 4.79 Å². The van der Waals surface area contributed by atoms with E-state index in [4.69, 9.17) is 0 Å². The SMILES string of the molecule is CN1CCNC(C(=O)C(C)(C)C)CC1. The number of hydrogen-bond donors (Lipinski definition) is 1. The molecule has 1 saturated heterocycles. The minimum atomic E-state index is -0.222. The Hall–Kier alpha value is -0.410. The first-order valence-electron chi connectivity index (χ1n) is 5.37. The Bertz CT molecular complexity index is 208. The molecule has 82 valence electrons. The molecule has 0 radical (unpaired) electrons. The van der Waals surface area contributed by atoms with Gasteiger partial charge in [-0.25, -0.2) is 0 Å². The monoisotopic (exact) mass is 198 g/mol. The highest BCUT2D eigenvalue weighted by Gasteiger charge is 2.30. The van der Waals surface area contributed by atoms with Gasteiger partial charge in [-0.3, -0.25) is 4.79 Å². The maximum atomic E-state index is 12.0. The van der Waals surface area contributed by atoms with E-state index >= 15 is 0 Å². The average Bonchev–Trinajstić information content (AvgIpc) is 2.27. The Morgan fingerprint density at radius 3 is 2.57 bits per heavy atom. The minimum Gasteiger partial charge on any atom is -0.306 e. The quantitative estimate of drug-likeness (QED) is 0.679. The van der Waals surface area contributed by atoms with Crippen molar-refractivity contribution in [2.75, 3.05) is 26.7 Å². The molecule has 0 saturated carbocycles. The van der Waals surface area contributed by atoms with Crippen LogP contribution >= 0.6 is 0 Å². The fourth-order valence-electron chi connectivity index (χ4n) is 1.74. The smallest absolute Gasteiger partial charge is 0.155 e. The lowest BCUT2D eigenvalue weighted by atomic mass is 9.85. The highest BCUT2D eigenvalue weighted by atomic mass is 16.1. The van der Waals surface area contributed by atoms with E-state index < -0.39 is 0 Å². The van der Waals surface area contributed by atoms with E-state index in [1.54, 1.807) is 0 Å². The third kappa shape index (κ3) is 3.07. The summed E-state index contributed by atoms with van der Waals surface area (Å²) < 4.78 is 0. The molecule has 1 rings (SSSR count). The molecule has 1 heterocycles. The van der Waals surface area contributed by atoms with Crippen molar-refractivity contribution in [2.45, 2.75) is 33.2 Å². The van der Waals surface area contributed by atoms with Crippen LogP contribution in [0.15, 0.2) is 0 Å². The number of nitrogens with zero attached hydrogens (tertiary/aromatic N) is 1. The second-order valence-corrected chi connectivity index (χ2v) is 5.21. The summed E-state index contributed by atoms with van der Waals surface area (Å²) in [5.74, 6) is 0.341. The van der Waals surface area contributed by atoms with Gasteiger partial charge in [-0.2, -0.15) is 0 Å². The molecule has 1 aliphatic rings. The van der Waals surface area contributed by atoms with Crippen LogP contribution in [0.5, 0.6) is 0 Å². The van der Waals surface area contributed by atoms with Crippen LogP contribution in [-0.2, 0) is 4.79 Å². The van der Waals surface area contributed by atoms with Gasteiger partial charge in [0, 0.05) is 18.5 Å². The van der Waals surface area contributed by atoms with Crippen molar-refractivity contribution in [3.8, 4) is 0 Å². The van der Waals surface area contributed by atoms with Crippen molar-refractivity contribution >= 4 is 5.78 Å². The lowest BCUT2D eigenvalue weighted by Crippen LogP contribution is -2.42. The van der Waals surface area contributed by atoms with Gasteiger partial charge in [0.2, 0.25) is 0 Å². The second-order valence-electron chi connectivity index (χ2n) is 5.21. The summed E-state index contributed by atoms with van der Waals surface area (Å²) in [5.41, 5.74) is -0.222. The minimum absolute atomic E-state index is 0.0555. The topological polar surface area (TPSA) is 32.3 Å². The van der Waals surface area contributed by atoms with E-state index in [-0.39, 0.29) is 11.5 Å². The molecule has 0 spiro atoms. The lowest BCUT2D eigenvalue weighted by Gasteiger charge is -2.24. The molecule has 1 atom stereocenters. The van der Waals surface area contributed by atoms with Crippen LogP contribution in [-0.4, -0.2) is 43.4 Å². The number of carbonyl (C=O) groups excluding carboxylic acids is 1. The fourth-order valence-corrected chi connectivity index (χ4v) is 1.74. The number of likely N-dealkylation sites (N-methyl/N-ethyl adjacent to an activating group) is 1. The van der Waals surface area contributed by atoms with Gasteiger partial charge < -0.3 is 10.2 Å². The van der Waals surface area contributed by atoms with Crippen molar-refractivity contribution in [1.82, 2.24) is 10.2 Å². The normalized spacial score (nSPS) is 25.9. The van der Waals surface area contributed by atoms with Crippen LogP contribution in [0.4, 0.5) is 0 Å². The summed E-state index contributed by atoms with van der Waals surface area (Å²) in [4.78, 5) is 14.3. The summed E-state index contributed by atoms with van der Waals surface area (Å²) in [6.07, 6.45) is 0.937. The van der Waals surface area contributed by atoms with Gasteiger partial charge in [0.25, 0.3) is 0 Å². The standard InChI is InChI=1S/C11H22N2O/c1-11(2,3)10(14)9-5-7-13(4)8-6-12-9/h9,12H,5-8H2,1-4H3. The first kappa shape index (κ1) is 11.7. The predicted molar refractivity (Wildman–Crippen MR) is 58.4 cm³/mol. The van der Waals surface area contributed by atoms with Crippen LogP contribution in [0.2, 0.25) is 0 Å². The highest BCUT2D eigenvalue weighted by Crippen LogP contribution is 2.18. The summed E-state index contributed by atoms with van der Waals surface area (Å²) in [6.45, 7) is 8.94. The Balaban J connectivity index is 2.56. The van der Waals surface area contributed by atoms with Crippen LogP contribution in [0.1, 0.15) is 27.2 Å². The molecule has 1 aliphatic heterocycles. The summed E-state index contributed by atoms with van der Waals surface area (Å²) in [6, 6.07) is 0.0555. The van der Waals surface area contributed by atoms with Crippen molar-refractivity contribution in [3.05, 3.63) is 0 Å². The molecule has 0 aliphatic carbocycles. The number of nitrogens with one attached hydrogen (secondary N) is 1. The Morgan fingerprint density at radius 1 is 1.36 bits per heavy atom. The molecule has 0 aromatic rings. The number of Topliss-reactive ketones (excluding diaryl/α,β-unsaturated/α-hetero) is 1. The van der Waals surface area contributed by atoms with Gasteiger partial charge >= 0.3 is 0 Å². The van der Waals surface area contributed by atoms with Gasteiger partial charge in [-0.15, -0.1) is 0 Å². The largest absolute Gasteiger partial charge is 0.306 e. The first-order chi connectivity index (χ1) is 6.41. The van der Waals surface area contributed by atoms with Gasteiger partial charge in [0.05, 0.1) is 6.04 Å². The zero-order chi connectivity index (χ0) is 10.8. The Labute approximate surface area is 86.9 Å². The van der Waals surface area contributed by atoms with E-state index in [2.05, 4.69) is 17.3 Å². The van der Waals surface area contributed by atoms with Gasteiger partial charge in [0.15, 0.2) is 5.78 Å². The highest BCUT2D eigenvalue weighted by molar-refractivity contribution is 5.88. The van der Waals surface area contributed by atoms with Crippen LogP contribution in [0.25, 0.3) is 0 Å². The third-order valence-corrected chi connectivity index (χ3v) is 2.74. The maximum absolute atomic E-state index is 12.0. The van der Waals surface area contributed by atoms with Gasteiger partial charge in [-0.1, -0.05) is 20.8 Å². The van der Waals surface area contributed by atoms with E-state index in [1.807, 2.05) is 20.8 Å². The second kappa shape index (κ2) is 4.41. The summed E-state index contributed by atoms with van der Waals surface area (Å²) >= 11 is 0. The zero-order valence-corrected chi connectivity index (χ0v) is 9.76. The molecule has 0 aromatic heterocycles. The number of rotatable bonds is 1. The maximum Gasteiger partial charge on any atom is 0.155 e. The molecule has 1 fully saturated rings. The molecule has 1 unspecified atom stereocenters. The molecule has 1 N–H and O–H groups in total. The molecule has 3 nitrogen and oxygen atoms in total. The van der Waals surface area contributed by atoms with E-state index in [1.165, 1.54) is 0 Å². The summed E-state index contributed by atoms with van der Waals surface area (Å²) in [5, 5.41) is 3.33.